The number of fused-ring (bicyclic) bond motifs is 2. The van der Waals surface area contributed by atoms with E-state index in [1.165, 1.54) is 10.5 Å². The first kappa shape index (κ1) is 17.9. The molecule has 4 rings (SSSR count). The van der Waals surface area contributed by atoms with Gasteiger partial charge < -0.3 is 9.84 Å². The summed E-state index contributed by atoms with van der Waals surface area (Å²) in [7, 11) is 0. The SMILES string of the molecule is Cc1cc(C(=O)NCc2nnc3ccc(C(F)(F)F)cn23)c2c(C)noc2n1. The molecule has 144 valence electrons. The van der Waals surface area contributed by atoms with Crippen LogP contribution in [0.1, 0.15) is 33.1 Å². The topological polar surface area (TPSA) is 98.2 Å². The molecule has 8 nitrogen and oxygen atoms in total. The Morgan fingerprint density at radius 1 is 1.25 bits per heavy atom. The highest BCUT2D eigenvalue weighted by atomic mass is 19.4. The van der Waals surface area contributed by atoms with E-state index in [-0.39, 0.29) is 23.7 Å². The third-order valence-electron chi connectivity index (χ3n) is 4.20. The average Bonchev–Trinajstić information content (AvgIpc) is 3.21. The van der Waals surface area contributed by atoms with E-state index in [0.29, 0.717) is 22.3 Å². The second-order valence-corrected chi connectivity index (χ2v) is 6.20. The zero-order valence-corrected chi connectivity index (χ0v) is 14.7. The van der Waals surface area contributed by atoms with Gasteiger partial charge in [0.1, 0.15) is 0 Å². The fourth-order valence-electron chi connectivity index (χ4n) is 2.88. The molecule has 0 saturated carbocycles. The highest BCUT2D eigenvalue weighted by Crippen LogP contribution is 2.29. The van der Waals surface area contributed by atoms with Crippen LogP contribution in [0.15, 0.2) is 28.9 Å². The summed E-state index contributed by atoms with van der Waals surface area (Å²) in [6.45, 7) is 3.28. The monoisotopic (exact) mass is 390 g/mol. The van der Waals surface area contributed by atoms with Crippen molar-refractivity contribution in [2.45, 2.75) is 26.6 Å². The van der Waals surface area contributed by atoms with Crippen LogP contribution in [0.2, 0.25) is 0 Å². The van der Waals surface area contributed by atoms with Crippen molar-refractivity contribution in [3.63, 3.8) is 0 Å². The molecule has 0 fully saturated rings. The number of aryl methyl sites for hydroxylation is 2. The van der Waals surface area contributed by atoms with E-state index in [4.69, 9.17) is 4.52 Å². The fraction of sp³-hybridized carbons (Fsp3) is 0.235. The van der Waals surface area contributed by atoms with Gasteiger partial charge in [0.05, 0.1) is 28.8 Å². The number of alkyl halides is 3. The van der Waals surface area contributed by atoms with E-state index < -0.39 is 17.6 Å². The van der Waals surface area contributed by atoms with Crippen molar-refractivity contribution >= 4 is 22.7 Å². The van der Waals surface area contributed by atoms with Crippen molar-refractivity contribution in [1.29, 1.82) is 0 Å². The molecule has 0 atom stereocenters. The Labute approximate surface area is 155 Å². The van der Waals surface area contributed by atoms with Crippen LogP contribution < -0.4 is 5.32 Å². The number of amides is 1. The lowest BCUT2D eigenvalue weighted by Crippen LogP contribution is -2.24. The van der Waals surface area contributed by atoms with E-state index in [2.05, 4.69) is 25.7 Å². The molecule has 0 bridgehead atoms. The van der Waals surface area contributed by atoms with E-state index in [1.807, 2.05) is 0 Å². The molecule has 1 amide bonds. The van der Waals surface area contributed by atoms with Gasteiger partial charge in [0.25, 0.3) is 11.6 Å². The third-order valence-corrected chi connectivity index (χ3v) is 4.20. The number of carbonyl (C=O) groups is 1. The largest absolute Gasteiger partial charge is 0.417 e. The minimum atomic E-state index is -4.50. The highest BCUT2D eigenvalue weighted by Gasteiger charge is 2.31. The third kappa shape index (κ3) is 3.04. The summed E-state index contributed by atoms with van der Waals surface area (Å²) in [6, 6.07) is 3.74. The van der Waals surface area contributed by atoms with Crippen molar-refractivity contribution in [2.75, 3.05) is 0 Å². The Morgan fingerprint density at radius 3 is 2.79 bits per heavy atom. The highest BCUT2D eigenvalue weighted by molar-refractivity contribution is 6.05. The van der Waals surface area contributed by atoms with Gasteiger partial charge in [-0.3, -0.25) is 9.20 Å². The van der Waals surface area contributed by atoms with Gasteiger partial charge in [-0.15, -0.1) is 10.2 Å². The van der Waals surface area contributed by atoms with Gasteiger partial charge in [0, 0.05) is 11.9 Å². The molecule has 0 aliphatic carbocycles. The lowest BCUT2D eigenvalue weighted by Gasteiger charge is -2.08. The summed E-state index contributed by atoms with van der Waals surface area (Å²) in [4.78, 5) is 16.9. The van der Waals surface area contributed by atoms with Crippen LogP contribution in [0.5, 0.6) is 0 Å². The average molecular weight is 390 g/mol. The predicted molar refractivity (Wildman–Crippen MR) is 90.4 cm³/mol. The van der Waals surface area contributed by atoms with Gasteiger partial charge in [-0.05, 0) is 32.0 Å². The summed E-state index contributed by atoms with van der Waals surface area (Å²) in [5.41, 5.74) is 1.04. The van der Waals surface area contributed by atoms with Crippen LogP contribution in [-0.4, -0.2) is 30.6 Å². The Bertz CT molecular complexity index is 1210. The fourth-order valence-corrected chi connectivity index (χ4v) is 2.88. The van der Waals surface area contributed by atoms with Gasteiger partial charge >= 0.3 is 6.18 Å². The molecule has 4 aromatic rings. The molecule has 0 saturated heterocycles. The Balaban J connectivity index is 1.63. The molecule has 0 unspecified atom stereocenters. The number of nitrogens with zero attached hydrogens (tertiary/aromatic N) is 5. The molecule has 0 aliphatic heterocycles. The smallest absolute Gasteiger partial charge is 0.345 e. The molecule has 0 aromatic carbocycles. The Kier molecular flexibility index (Phi) is 4.02. The Hall–Kier alpha value is -3.50. The first-order chi connectivity index (χ1) is 13.2. The minimum Gasteiger partial charge on any atom is -0.345 e. The molecule has 4 aromatic heterocycles. The number of aromatic nitrogens is 5. The maximum atomic E-state index is 12.9. The minimum absolute atomic E-state index is 0.117. The molecular formula is C17H13F3N6O2. The standard InChI is InChI=1S/C17H13F3N6O2/c1-8-5-11(14-9(2)25-28-16(14)22-8)15(27)21-6-13-24-23-12-4-3-10(7-26(12)13)17(18,19)20/h3-5,7H,6H2,1-2H3,(H,21,27). The second-order valence-electron chi connectivity index (χ2n) is 6.20. The van der Waals surface area contributed by atoms with E-state index >= 15 is 0 Å². The molecule has 1 N–H and O–H groups in total. The zero-order chi connectivity index (χ0) is 20.1. The lowest BCUT2D eigenvalue weighted by atomic mass is 10.1. The summed E-state index contributed by atoms with van der Waals surface area (Å²) < 4.78 is 45.1. The van der Waals surface area contributed by atoms with E-state index in [1.54, 1.807) is 19.9 Å². The van der Waals surface area contributed by atoms with Gasteiger partial charge in [0.2, 0.25) is 0 Å². The van der Waals surface area contributed by atoms with E-state index in [0.717, 1.165) is 12.3 Å². The van der Waals surface area contributed by atoms with Crippen LogP contribution >= 0.6 is 0 Å². The normalized spacial score (nSPS) is 12.0. The maximum Gasteiger partial charge on any atom is 0.417 e. The first-order valence-corrected chi connectivity index (χ1v) is 8.17. The van der Waals surface area contributed by atoms with Crippen LogP contribution in [0, 0.1) is 13.8 Å². The number of nitrogens with one attached hydrogen (secondary N) is 1. The number of hydrogen-bond acceptors (Lipinski definition) is 6. The number of pyridine rings is 2. The van der Waals surface area contributed by atoms with E-state index in [9.17, 15) is 18.0 Å². The van der Waals surface area contributed by atoms with Gasteiger partial charge in [0.15, 0.2) is 11.5 Å². The van der Waals surface area contributed by atoms with Gasteiger partial charge in [-0.25, -0.2) is 4.98 Å². The molecule has 4 heterocycles. The van der Waals surface area contributed by atoms with Gasteiger partial charge in [-0.2, -0.15) is 13.2 Å². The van der Waals surface area contributed by atoms with Crippen molar-refractivity contribution in [2.24, 2.45) is 0 Å². The van der Waals surface area contributed by atoms with Crippen LogP contribution in [0.4, 0.5) is 13.2 Å². The van der Waals surface area contributed by atoms with Crippen molar-refractivity contribution in [1.82, 2.24) is 30.1 Å². The van der Waals surface area contributed by atoms with Crippen LogP contribution in [0.25, 0.3) is 16.7 Å². The summed E-state index contributed by atoms with van der Waals surface area (Å²) in [6.07, 6.45) is -3.60. The van der Waals surface area contributed by atoms with Crippen LogP contribution in [0.3, 0.4) is 0 Å². The Morgan fingerprint density at radius 2 is 2.04 bits per heavy atom. The number of halogens is 3. The predicted octanol–water partition coefficient (Wildman–Crippen LogP) is 2.83. The maximum absolute atomic E-state index is 12.9. The summed E-state index contributed by atoms with van der Waals surface area (Å²) >= 11 is 0. The van der Waals surface area contributed by atoms with Crippen LogP contribution in [-0.2, 0) is 12.7 Å². The quantitative estimate of drug-likeness (QED) is 0.578. The van der Waals surface area contributed by atoms with Gasteiger partial charge in [-0.1, -0.05) is 5.16 Å². The second kappa shape index (κ2) is 6.29. The molecular weight excluding hydrogens is 377 g/mol. The molecule has 0 radical (unpaired) electrons. The molecule has 28 heavy (non-hydrogen) atoms. The molecule has 0 aliphatic rings. The van der Waals surface area contributed by atoms with Crippen molar-refractivity contribution in [3.05, 3.63) is 52.7 Å². The lowest BCUT2D eigenvalue weighted by molar-refractivity contribution is -0.137. The van der Waals surface area contributed by atoms with Crippen molar-refractivity contribution in [3.8, 4) is 0 Å². The summed E-state index contributed by atoms with van der Waals surface area (Å²) in [5.74, 6) is -0.288. The van der Waals surface area contributed by atoms with Crippen molar-refractivity contribution < 1.29 is 22.5 Å². The number of hydrogen-bond donors (Lipinski definition) is 1. The molecule has 0 spiro atoms. The first-order valence-electron chi connectivity index (χ1n) is 8.17. The zero-order valence-electron chi connectivity index (χ0n) is 14.7. The number of carbonyl (C=O) groups excluding carboxylic acids is 1. The number of rotatable bonds is 3. The molecule has 11 heteroatoms. The summed E-state index contributed by atoms with van der Waals surface area (Å²) in [5, 5.41) is 14.6.